The van der Waals surface area contributed by atoms with Crippen LogP contribution in [0.2, 0.25) is 0 Å². The van der Waals surface area contributed by atoms with E-state index in [1.54, 1.807) is 14.2 Å². The van der Waals surface area contributed by atoms with E-state index in [0.29, 0.717) is 0 Å². The molecule has 0 spiro atoms. The highest BCUT2D eigenvalue weighted by Gasteiger charge is 2.34. The van der Waals surface area contributed by atoms with Crippen LogP contribution in [0.1, 0.15) is 37.7 Å². The summed E-state index contributed by atoms with van der Waals surface area (Å²) < 4.78 is 10.9. The monoisotopic (exact) mass is 249 g/mol. The minimum absolute atomic E-state index is 0.0398. The third-order valence-corrected chi connectivity index (χ3v) is 4.11. The molecule has 3 heteroatoms. The summed E-state index contributed by atoms with van der Waals surface area (Å²) in [6.45, 7) is 0. The smallest absolute Gasteiger partial charge is 0.124 e. The number of rotatable bonds is 4. The molecule has 0 radical (unpaired) electrons. The van der Waals surface area contributed by atoms with Crippen LogP contribution in [-0.2, 0) is 5.54 Å². The van der Waals surface area contributed by atoms with Crippen LogP contribution < -0.4 is 14.8 Å². The first-order chi connectivity index (χ1) is 8.75. The second kappa shape index (κ2) is 5.61. The maximum atomic E-state index is 5.53. The lowest BCUT2D eigenvalue weighted by atomic mass is 9.76. The van der Waals surface area contributed by atoms with Crippen molar-refractivity contribution in [3.63, 3.8) is 0 Å². The lowest BCUT2D eigenvalue weighted by Crippen LogP contribution is -2.42. The average molecular weight is 249 g/mol. The largest absolute Gasteiger partial charge is 0.497 e. The predicted octanol–water partition coefficient (Wildman–Crippen LogP) is 3.08. The summed E-state index contributed by atoms with van der Waals surface area (Å²) in [7, 11) is 5.49. The van der Waals surface area contributed by atoms with Crippen LogP contribution in [0.3, 0.4) is 0 Å². The summed E-state index contributed by atoms with van der Waals surface area (Å²) in [5.74, 6) is 1.85. The van der Waals surface area contributed by atoms with Crippen LogP contribution in [0.4, 0.5) is 0 Å². The lowest BCUT2D eigenvalue weighted by molar-refractivity contribution is 0.240. The van der Waals surface area contributed by atoms with Crippen LogP contribution >= 0.6 is 0 Å². The van der Waals surface area contributed by atoms with Gasteiger partial charge in [-0.05, 0) is 38.1 Å². The molecular weight excluding hydrogens is 226 g/mol. The summed E-state index contributed by atoms with van der Waals surface area (Å²) in [5, 5.41) is 3.52. The van der Waals surface area contributed by atoms with E-state index < -0.39 is 0 Å². The van der Waals surface area contributed by atoms with Crippen LogP contribution in [0.25, 0.3) is 0 Å². The number of benzene rings is 1. The van der Waals surface area contributed by atoms with Gasteiger partial charge in [0.2, 0.25) is 0 Å². The Labute approximate surface area is 109 Å². The topological polar surface area (TPSA) is 30.5 Å². The van der Waals surface area contributed by atoms with E-state index in [-0.39, 0.29) is 5.54 Å². The van der Waals surface area contributed by atoms with Crippen molar-refractivity contribution in [2.75, 3.05) is 21.3 Å². The van der Waals surface area contributed by atoms with Crippen molar-refractivity contribution in [1.82, 2.24) is 5.32 Å². The maximum Gasteiger partial charge on any atom is 0.124 e. The Kier molecular flexibility index (Phi) is 4.12. The third kappa shape index (κ3) is 2.32. The fourth-order valence-corrected chi connectivity index (χ4v) is 3.00. The fraction of sp³-hybridized carbons (Fsp3) is 0.600. The van der Waals surface area contributed by atoms with E-state index in [9.17, 15) is 0 Å². The number of methoxy groups -OCH3 is 2. The van der Waals surface area contributed by atoms with E-state index in [4.69, 9.17) is 9.47 Å². The van der Waals surface area contributed by atoms with Gasteiger partial charge < -0.3 is 14.8 Å². The molecule has 0 aromatic heterocycles. The Bertz CT molecular complexity index is 397. The van der Waals surface area contributed by atoms with Crippen LogP contribution in [0.5, 0.6) is 11.5 Å². The molecule has 1 N–H and O–H groups in total. The van der Waals surface area contributed by atoms with Gasteiger partial charge in [-0.3, -0.25) is 0 Å². The zero-order valence-corrected chi connectivity index (χ0v) is 11.6. The van der Waals surface area contributed by atoms with Crippen LogP contribution in [-0.4, -0.2) is 21.3 Å². The standard InChI is InChI=1S/C15H23NO2/c1-16-15(9-5-4-6-10-15)13-11-12(17-2)7-8-14(13)18-3/h7-8,11,16H,4-6,9-10H2,1-3H3. The summed E-state index contributed by atoms with van der Waals surface area (Å²) in [5.41, 5.74) is 1.27. The minimum Gasteiger partial charge on any atom is -0.497 e. The number of ether oxygens (including phenoxy) is 2. The van der Waals surface area contributed by atoms with Gasteiger partial charge in [0.05, 0.1) is 14.2 Å². The first-order valence-corrected chi connectivity index (χ1v) is 6.67. The van der Waals surface area contributed by atoms with Gasteiger partial charge in [0.1, 0.15) is 11.5 Å². The Morgan fingerprint density at radius 2 is 1.78 bits per heavy atom. The second-order valence-corrected chi connectivity index (χ2v) is 4.96. The molecule has 0 heterocycles. The number of nitrogens with one attached hydrogen (secondary N) is 1. The normalized spacial score (nSPS) is 18.4. The molecule has 0 atom stereocenters. The van der Waals surface area contributed by atoms with Crippen LogP contribution in [0.15, 0.2) is 18.2 Å². The molecule has 1 aliphatic rings. The molecule has 100 valence electrons. The SMILES string of the molecule is CNC1(c2cc(OC)ccc2OC)CCCCC1. The molecule has 1 saturated carbocycles. The summed E-state index contributed by atoms with van der Waals surface area (Å²) in [6.07, 6.45) is 6.18. The third-order valence-electron chi connectivity index (χ3n) is 4.11. The van der Waals surface area contributed by atoms with Gasteiger partial charge in [-0.2, -0.15) is 0 Å². The van der Waals surface area contributed by atoms with Crippen molar-refractivity contribution in [2.45, 2.75) is 37.6 Å². The molecule has 3 nitrogen and oxygen atoms in total. The van der Waals surface area contributed by atoms with Gasteiger partial charge in [0.25, 0.3) is 0 Å². The summed E-state index contributed by atoms with van der Waals surface area (Å²) in [4.78, 5) is 0. The molecule has 2 rings (SSSR count). The van der Waals surface area contributed by atoms with E-state index in [1.165, 1.54) is 24.8 Å². The van der Waals surface area contributed by atoms with E-state index >= 15 is 0 Å². The molecule has 0 amide bonds. The van der Waals surface area contributed by atoms with E-state index in [0.717, 1.165) is 24.3 Å². The highest BCUT2D eigenvalue weighted by Crippen LogP contribution is 2.42. The van der Waals surface area contributed by atoms with Gasteiger partial charge in [-0.15, -0.1) is 0 Å². The lowest BCUT2D eigenvalue weighted by Gasteiger charge is -2.38. The molecule has 0 bridgehead atoms. The van der Waals surface area contributed by atoms with Crippen molar-refractivity contribution in [1.29, 1.82) is 0 Å². The highest BCUT2D eigenvalue weighted by atomic mass is 16.5. The Morgan fingerprint density at radius 3 is 2.33 bits per heavy atom. The van der Waals surface area contributed by atoms with Crippen molar-refractivity contribution in [3.8, 4) is 11.5 Å². The zero-order valence-electron chi connectivity index (χ0n) is 11.6. The molecule has 1 aliphatic carbocycles. The molecule has 18 heavy (non-hydrogen) atoms. The van der Waals surface area contributed by atoms with Gasteiger partial charge in [0.15, 0.2) is 0 Å². The number of hydrogen-bond acceptors (Lipinski definition) is 3. The first kappa shape index (κ1) is 13.2. The molecule has 1 fully saturated rings. The van der Waals surface area contributed by atoms with E-state index in [1.807, 2.05) is 19.2 Å². The second-order valence-electron chi connectivity index (χ2n) is 4.96. The van der Waals surface area contributed by atoms with Gasteiger partial charge in [0, 0.05) is 11.1 Å². The van der Waals surface area contributed by atoms with Crippen molar-refractivity contribution >= 4 is 0 Å². The molecule has 1 aromatic rings. The van der Waals surface area contributed by atoms with Crippen LogP contribution in [0, 0.1) is 0 Å². The Balaban J connectivity index is 2.44. The molecular formula is C15H23NO2. The molecule has 0 saturated heterocycles. The minimum atomic E-state index is 0.0398. The quantitative estimate of drug-likeness (QED) is 0.889. The molecule has 1 aromatic carbocycles. The average Bonchev–Trinajstić information content (AvgIpc) is 2.47. The molecule has 0 aliphatic heterocycles. The summed E-state index contributed by atoms with van der Waals surface area (Å²) in [6, 6.07) is 6.07. The van der Waals surface area contributed by atoms with Gasteiger partial charge in [-0.1, -0.05) is 19.3 Å². The highest BCUT2D eigenvalue weighted by molar-refractivity contribution is 5.45. The Morgan fingerprint density at radius 1 is 1.06 bits per heavy atom. The van der Waals surface area contributed by atoms with Gasteiger partial charge in [-0.25, -0.2) is 0 Å². The van der Waals surface area contributed by atoms with Gasteiger partial charge >= 0.3 is 0 Å². The van der Waals surface area contributed by atoms with Crippen molar-refractivity contribution < 1.29 is 9.47 Å². The summed E-state index contributed by atoms with van der Waals surface area (Å²) >= 11 is 0. The fourth-order valence-electron chi connectivity index (χ4n) is 3.00. The van der Waals surface area contributed by atoms with Crippen molar-refractivity contribution in [3.05, 3.63) is 23.8 Å². The molecule has 0 unspecified atom stereocenters. The zero-order chi connectivity index (χ0) is 13.0. The van der Waals surface area contributed by atoms with E-state index in [2.05, 4.69) is 11.4 Å². The Hall–Kier alpha value is -1.22. The van der Waals surface area contributed by atoms with Crippen molar-refractivity contribution in [2.24, 2.45) is 0 Å². The first-order valence-electron chi connectivity index (χ1n) is 6.67. The predicted molar refractivity (Wildman–Crippen MR) is 73.4 cm³/mol. The number of hydrogen-bond donors (Lipinski definition) is 1. The maximum absolute atomic E-state index is 5.53.